The van der Waals surface area contributed by atoms with Gasteiger partial charge in [-0.15, -0.1) is 0 Å². The fourth-order valence-electron chi connectivity index (χ4n) is 7.41. The van der Waals surface area contributed by atoms with Gasteiger partial charge in [-0.1, -0.05) is 36.4 Å². The number of aliphatic hydroxyl groups is 1. The van der Waals surface area contributed by atoms with Crippen LogP contribution in [0.3, 0.4) is 0 Å². The highest BCUT2D eigenvalue weighted by Crippen LogP contribution is 2.55. The molecule has 4 aliphatic heterocycles. The Kier molecular flexibility index (Phi) is 5.12. The minimum absolute atomic E-state index is 0.0224. The first-order valence-corrected chi connectivity index (χ1v) is 13.2. The van der Waals surface area contributed by atoms with Gasteiger partial charge in [-0.3, -0.25) is 9.80 Å². The molecule has 7 rings (SSSR count). The molecule has 0 amide bonds. The molecule has 184 valence electrons. The van der Waals surface area contributed by atoms with Crippen LogP contribution in [0.2, 0.25) is 0 Å². The van der Waals surface area contributed by atoms with Crippen molar-refractivity contribution >= 4 is 5.69 Å². The Morgan fingerprint density at radius 1 is 1.06 bits per heavy atom. The molecular formula is C29H35N3O3. The largest absolute Gasteiger partial charge is 0.493 e. The van der Waals surface area contributed by atoms with Crippen LogP contribution in [-0.2, 0) is 12.0 Å². The van der Waals surface area contributed by atoms with Gasteiger partial charge >= 0.3 is 0 Å². The summed E-state index contributed by atoms with van der Waals surface area (Å²) in [5.74, 6) is 1.71. The number of piperazine rings is 1. The molecule has 4 unspecified atom stereocenters. The average Bonchev–Trinajstić information content (AvgIpc) is 3.54. The predicted octanol–water partition coefficient (Wildman–Crippen LogP) is 3.18. The van der Waals surface area contributed by atoms with E-state index in [4.69, 9.17) is 9.47 Å². The maximum absolute atomic E-state index is 10.3. The molecule has 6 heteroatoms. The first kappa shape index (κ1) is 21.7. The van der Waals surface area contributed by atoms with Crippen molar-refractivity contribution in [2.24, 2.45) is 0 Å². The second kappa shape index (κ2) is 8.26. The van der Waals surface area contributed by atoms with Gasteiger partial charge in [0.1, 0.15) is 6.10 Å². The van der Waals surface area contributed by atoms with Crippen molar-refractivity contribution in [1.82, 2.24) is 9.80 Å². The van der Waals surface area contributed by atoms with Crippen LogP contribution in [0.25, 0.3) is 0 Å². The maximum atomic E-state index is 10.3. The molecule has 0 radical (unpaired) electrons. The summed E-state index contributed by atoms with van der Waals surface area (Å²) in [5.41, 5.74) is 3.86. The van der Waals surface area contributed by atoms with Gasteiger partial charge < -0.3 is 19.5 Å². The number of hydrogen-bond acceptors (Lipinski definition) is 6. The first-order valence-electron chi connectivity index (χ1n) is 13.2. The van der Waals surface area contributed by atoms with Crippen LogP contribution in [0.4, 0.5) is 5.69 Å². The Morgan fingerprint density at radius 3 is 2.74 bits per heavy atom. The van der Waals surface area contributed by atoms with E-state index in [1.54, 1.807) is 7.11 Å². The summed E-state index contributed by atoms with van der Waals surface area (Å²) in [6.07, 6.45) is 6.70. The van der Waals surface area contributed by atoms with E-state index in [0.29, 0.717) is 18.5 Å². The van der Waals surface area contributed by atoms with Gasteiger partial charge in [-0.05, 0) is 43.1 Å². The number of likely N-dealkylation sites (tertiary alicyclic amines) is 1. The van der Waals surface area contributed by atoms with E-state index >= 15 is 0 Å². The number of anilines is 1. The summed E-state index contributed by atoms with van der Waals surface area (Å²) < 4.78 is 12.1. The third-order valence-electron chi connectivity index (χ3n) is 9.18. The molecule has 0 saturated carbocycles. The second-order valence-corrected chi connectivity index (χ2v) is 11.0. The summed E-state index contributed by atoms with van der Waals surface area (Å²) in [7, 11) is 1.71. The van der Waals surface area contributed by atoms with E-state index in [9.17, 15) is 5.11 Å². The van der Waals surface area contributed by atoms with E-state index in [2.05, 4.69) is 63.2 Å². The van der Waals surface area contributed by atoms with E-state index in [1.165, 1.54) is 29.8 Å². The number of methoxy groups -OCH3 is 1. The molecule has 1 N–H and O–H groups in total. The lowest BCUT2D eigenvalue weighted by Crippen LogP contribution is -2.48. The van der Waals surface area contributed by atoms with Gasteiger partial charge in [0.2, 0.25) is 0 Å². The highest BCUT2D eigenvalue weighted by molar-refractivity contribution is 5.61. The van der Waals surface area contributed by atoms with Gasteiger partial charge in [-0.2, -0.15) is 0 Å². The van der Waals surface area contributed by atoms with Crippen molar-refractivity contribution in [2.45, 2.75) is 55.5 Å². The van der Waals surface area contributed by atoms with E-state index < -0.39 is 6.10 Å². The topological polar surface area (TPSA) is 48.4 Å². The minimum atomic E-state index is -0.435. The molecule has 5 atom stereocenters. The molecule has 2 fully saturated rings. The van der Waals surface area contributed by atoms with Gasteiger partial charge in [-0.25, -0.2) is 0 Å². The van der Waals surface area contributed by atoms with E-state index in [0.717, 1.165) is 50.6 Å². The molecule has 35 heavy (non-hydrogen) atoms. The summed E-state index contributed by atoms with van der Waals surface area (Å²) in [4.78, 5) is 7.96. The molecule has 2 saturated heterocycles. The van der Waals surface area contributed by atoms with Gasteiger partial charge in [0.05, 0.1) is 18.6 Å². The lowest BCUT2D eigenvalue weighted by Gasteiger charge is -2.37. The monoisotopic (exact) mass is 473 g/mol. The van der Waals surface area contributed by atoms with E-state index in [1.807, 2.05) is 6.08 Å². The molecule has 6 nitrogen and oxygen atoms in total. The standard InChI is InChI=1S/C29H35N3O3/c1-34-25-8-7-20-17-30(12-11-29-10-9-24(33)16-26(29)35-28(25)27(20)29)13-14-31-18-23-15-22(31)19-32(23)21-5-3-2-4-6-21/h2-10,22-24,26,33H,11-19H2,1H3/t22?,23?,24-,26?,29?/m0/s1. The lowest BCUT2D eigenvalue weighted by molar-refractivity contribution is 0.0801. The quantitative estimate of drug-likeness (QED) is 0.674. The zero-order chi connectivity index (χ0) is 23.6. The van der Waals surface area contributed by atoms with Crippen molar-refractivity contribution in [3.05, 3.63) is 65.7 Å². The second-order valence-electron chi connectivity index (χ2n) is 11.0. The molecule has 1 aliphatic carbocycles. The summed E-state index contributed by atoms with van der Waals surface area (Å²) >= 11 is 0. The van der Waals surface area contributed by atoms with Gasteiger partial charge in [0.15, 0.2) is 11.5 Å². The molecule has 2 aromatic carbocycles. The molecule has 2 bridgehead atoms. The normalized spacial score (nSPS) is 33.4. The molecule has 1 spiro atoms. The van der Waals surface area contributed by atoms with Crippen molar-refractivity contribution in [3.8, 4) is 11.5 Å². The van der Waals surface area contributed by atoms with E-state index in [-0.39, 0.29) is 11.5 Å². The van der Waals surface area contributed by atoms with Crippen LogP contribution < -0.4 is 14.4 Å². The van der Waals surface area contributed by atoms with Crippen LogP contribution in [-0.4, -0.2) is 79.0 Å². The Hall–Kier alpha value is -2.54. The van der Waals surface area contributed by atoms with Crippen LogP contribution in [0.15, 0.2) is 54.6 Å². The number of aliphatic hydroxyl groups excluding tert-OH is 1. The maximum Gasteiger partial charge on any atom is 0.166 e. The SMILES string of the molecule is COc1ccc2c3c1OC1C[C@@H](O)C=CC31CCN(CCN1CC3CC1CN3c1ccccc1)C2. The fraction of sp³-hybridized carbons (Fsp3) is 0.517. The molecule has 2 aromatic rings. The molecular weight excluding hydrogens is 438 g/mol. The van der Waals surface area contributed by atoms with Crippen molar-refractivity contribution in [1.29, 1.82) is 0 Å². The van der Waals surface area contributed by atoms with Crippen LogP contribution in [0.5, 0.6) is 11.5 Å². The Bertz CT molecular complexity index is 1140. The smallest absolute Gasteiger partial charge is 0.166 e. The number of hydrogen-bond donors (Lipinski definition) is 1. The number of benzene rings is 2. The highest BCUT2D eigenvalue weighted by Gasteiger charge is 2.53. The predicted molar refractivity (Wildman–Crippen MR) is 136 cm³/mol. The Labute approximate surface area is 207 Å². The van der Waals surface area contributed by atoms with Crippen molar-refractivity contribution < 1.29 is 14.6 Å². The Morgan fingerprint density at radius 2 is 1.94 bits per heavy atom. The average molecular weight is 474 g/mol. The number of ether oxygens (including phenoxy) is 2. The number of rotatable bonds is 5. The summed E-state index contributed by atoms with van der Waals surface area (Å²) in [5, 5.41) is 10.3. The Balaban J connectivity index is 1.07. The summed E-state index contributed by atoms with van der Waals surface area (Å²) in [6, 6.07) is 16.5. The van der Waals surface area contributed by atoms with Crippen LogP contribution in [0, 0.1) is 0 Å². The number of fused-ring (bicyclic) bond motifs is 2. The van der Waals surface area contributed by atoms with Crippen LogP contribution >= 0.6 is 0 Å². The molecule has 5 aliphatic rings. The van der Waals surface area contributed by atoms with Crippen molar-refractivity contribution in [2.75, 3.05) is 44.7 Å². The van der Waals surface area contributed by atoms with Crippen molar-refractivity contribution in [3.63, 3.8) is 0 Å². The summed E-state index contributed by atoms with van der Waals surface area (Å²) in [6.45, 7) is 6.52. The van der Waals surface area contributed by atoms with Gasteiger partial charge in [0, 0.05) is 62.5 Å². The third-order valence-corrected chi connectivity index (χ3v) is 9.18. The number of nitrogens with zero attached hydrogens (tertiary/aromatic N) is 3. The number of para-hydroxylation sites is 1. The zero-order valence-electron chi connectivity index (χ0n) is 20.5. The van der Waals surface area contributed by atoms with Gasteiger partial charge in [0.25, 0.3) is 0 Å². The first-order chi connectivity index (χ1) is 17.1. The molecule has 4 heterocycles. The van der Waals surface area contributed by atoms with Crippen LogP contribution in [0.1, 0.15) is 30.4 Å². The zero-order valence-corrected chi connectivity index (χ0v) is 20.5. The highest BCUT2D eigenvalue weighted by atomic mass is 16.5. The third kappa shape index (κ3) is 3.41. The lowest BCUT2D eigenvalue weighted by atomic mass is 9.69. The minimum Gasteiger partial charge on any atom is -0.493 e. The fourth-order valence-corrected chi connectivity index (χ4v) is 7.41. The molecule has 0 aromatic heterocycles.